The summed E-state index contributed by atoms with van der Waals surface area (Å²) in [4.78, 5) is 12.7. The third-order valence-electron chi connectivity index (χ3n) is 4.22. The smallest absolute Gasteiger partial charge is 0.235 e. The van der Waals surface area contributed by atoms with E-state index in [2.05, 4.69) is 15.9 Å². The standard InChI is InChI=1S/C22H13BrF2O4/c23-16-4-1-2-7-19(16)29-21-12-28-20-10-13(8-9-14(20)22(21)26)27-11-15-17(24)5-3-6-18(15)25/h1-10,12H,11H2. The quantitative estimate of drug-likeness (QED) is 0.357. The van der Waals surface area contributed by atoms with E-state index in [1.807, 2.05) is 6.07 Å². The van der Waals surface area contributed by atoms with Gasteiger partial charge in [-0.3, -0.25) is 4.79 Å². The zero-order valence-electron chi connectivity index (χ0n) is 14.8. The van der Waals surface area contributed by atoms with E-state index < -0.39 is 11.6 Å². The monoisotopic (exact) mass is 458 g/mol. The van der Waals surface area contributed by atoms with E-state index in [0.717, 1.165) is 12.1 Å². The van der Waals surface area contributed by atoms with Crippen LogP contribution in [0, 0.1) is 11.6 Å². The second kappa shape index (κ2) is 8.05. The molecule has 0 aliphatic carbocycles. The van der Waals surface area contributed by atoms with Crippen molar-refractivity contribution in [1.29, 1.82) is 0 Å². The summed E-state index contributed by atoms with van der Waals surface area (Å²) in [7, 11) is 0. The Morgan fingerprint density at radius 2 is 1.69 bits per heavy atom. The number of hydrogen-bond acceptors (Lipinski definition) is 4. The summed E-state index contributed by atoms with van der Waals surface area (Å²) in [5.74, 6) is -0.558. The molecule has 4 rings (SSSR count). The molecule has 0 unspecified atom stereocenters. The number of rotatable bonds is 5. The predicted octanol–water partition coefficient (Wildman–Crippen LogP) is 6.21. The summed E-state index contributed by atoms with van der Waals surface area (Å²) in [6, 6.07) is 15.2. The largest absolute Gasteiger partial charge is 0.489 e. The van der Waals surface area contributed by atoms with Crippen LogP contribution in [-0.2, 0) is 6.61 Å². The van der Waals surface area contributed by atoms with Crippen LogP contribution in [0.3, 0.4) is 0 Å². The van der Waals surface area contributed by atoms with Gasteiger partial charge in [0.15, 0.2) is 0 Å². The lowest BCUT2D eigenvalue weighted by Crippen LogP contribution is -2.06. The molecule has 4 aromatic rings. The fraction of sp³-hybridized carbons (Fsp3) is 0.0455. The van der Waals surface area contributed by atoms with Gasteiger partial charge in [-0.25, -0.2) is 8.78 Å². The van der Waals surface area contributed by atoms with E-state index in [1.54, 1.807) is 18.2 Å². The molecule has 3 aromatic carbocycles. The van der Waals surface area contributed by atoms with Gasteiger partial charge in [-0.2, -0.15) is 0 Å². The third-order valence-corrected chi connectivity index (χ3v) is 4.87. The van der Waals surface area contributed by atoms with Crippen molar-refractivity contribution >= 4 is 26.9 Å². The van der Waals surface area contributed by atoms with E-state index in [1.165, 1.54) is 30.5 Å². The van der Waals surface area contributed by atoms with E-state index >= 15 is 0 Å². The zero-order valence-corrected chi connectivity index (χ0v) is 16.4. The maximum absolute atomic E-state index is 13.7. The molecule has 0 aliphatic heterocycles. The van der Waals surface area contributed by atoms with Gasteiger partial charge < -0.3 is 13.9 Å². The van der Waals surface area contributed by atoms with Crippen molar-refractivity contribution < 1.29 is 22.7 Å². The van der Waals surface area contributed by atoms with Crippen LogP contribution in [-0.4, -0.2) is 0 Å². The van der Waals surface area contributed by atoms with Gasteiger partial charge in [-0.1, -0.05) is 18.2 Å². The Morgan fingerprint density at radius 3 is 2.45 bits per heavy atom. The highest BCUT2D eigenvalue weighted by Gasteiger charge is 2.13. The number of fused-ring (bicyclic) bond motifs is 1. The van der Waals surface area contributed by atoms with Crippen molar-refractivity contribution in [1.82, 2.24) is 0 Å². The highest BCUT2D eigenvalue weighted by molar-refractivity contribution is 9.10. The van der Waals surface area contributed by atoms with E-state index in [9.17, 15) is 13.6 Å². The van der Waals surface area contributed by atoms with Gasteiger partial charge in [-0.15, -0.1) is 0 Å². The average molecular weight is 459 g/mol. The summed E-state index contributed by atoms with van der Waals surface area (Å²) in [6.07, 6.45) is 1.21. The molecule has 29 heavy (non-hydrogen) atoms. The summed E-state index contributed by atoms with van der Waals surface area (Å²) in [6.45, 7) is -0.294. The summed E-state index contributed by atoms with van der Waals surface area (Å²) >= 11 is 3.36. The SMILES string of the molecule is O=c1c(Oc2ccccc2Br)coc2cc(OCc3c(F)cccc3F)ccc12. The summed E-state index contributed by atoms with van der Waals surface area (Å²) in [5, 5.41) is 0.291. The minimum atomic E-state index is -0.689. The van der Waals surface area contributed by atoms with Gasteiger partial charge in [0.2, 0.25) is 11.2 Å². The molecule has 0 spiro atoms. The Balaban J connectivity index is 1.59. The van der Waals surface area contributed by atoms with Gasteiger partial charge in [0, 0.05) is 6.07 Å². The Bertz CT molecular complexity index is 1230. The van der Waals surface area contributed by atoms with Crippen LogP contribution in [0.4, 0.5) is 8.78 Å². The van der Waals surface area contributed by atoms with Crippen molar-refractivity contribution in [2.24, 2.45) is 0 Å². The molecule has 1 aromatic heterocycles. The Morgan fingerprint density at radius 1 is 0.931 bits per heavy atom. The molecule has 0 radical (unpaired) electrons. The molecule has 0 atom stereocenters. The van der Waals surface area contributed by atoms with Gasteiger partial charge in [0.25, 0.3) is 0 Å². The van der Waals surface area contributed by atoms with Gasteiger partial charge in [0.05, 0.1) is 15.4 Å². The number of benzene rings is 3. The van der Waals surface area contributed by atoms with Crippen molar-refractivity contribution in [3.63, 3.8) is 0 Å². The molecule has 0 aliphatic rings. The second-order valence-corrected chi connectivity index (χ2v) is 6.96. The molecule has 1 heterocycles. The van der Waals surface area contributed by atoms with Gasteiger partial charge >= 0.3 is 0 Å². The molecule has 0 fully saturated rings. The van der Waals surface area contributed by atoms with Crippen LogP contribution in [0.5, 0.6) is 17.2 Å². The van der Waals surface area contributed by atoms with Crippen LogP contribution in [0.1, 0.15) is 5.56 Å². The summed E-state index contributed by atoms with van der Waals surface area (Å²) < 4.78 is 44.7. The molecule has 146 valence electrons. The first-order valence-corrected chi connectivity index (χ1v) is 9.36. The molecule has 0 saturated carbocycles. The highest BCUT2D eigenvalue weighted by Crippen LogP contribution is 2.29. The molecule has 0 amide bonds. The van der Waals surface area contributed by atoms with Crippen LogP contribution in [0.25, 0.3) is 11.0 Å². The van der Waals surface area contributed by atoms with E-state index in [4.69, 9.17) is 13.9 Å². The lowest BCUT2D eigenvalue weighted by Gasteiger charge is -2.10. The first-order chi connectivity index (χ1) is 14.0. The fourth-order valence-electron chi connectivity index (χ4n) is 2.72. The first kappa shape index (κ1) is 19.1. The van der Waals surface area contributed by atoms with Crippen molar-refractivity contribution in [3.8, 4) is 17.2 Å². The maximum Gasteiger partial charge on any atom is 0.235 e. The van der Waals surface area contributed by atoms with E-state index in [-0.39, 0.29) is 28.9 Å². The van der Waals surface area contributed by atoms with Crippen LogP contribution < -0.4 is 14.9 Å². The normalized spacial score (nSPS) is 10.9. The lowest BCUT2D eigenvalue weighted by molar-refractivity contribution is 0.292. The van der Waals surface area contributed by atoms with Crippen LogP contribution in [0.15, 0.2) is 80.6 Å². The second-order valence-electron chi connectivity index (χ2n) is 6.11. The topological polar surface area (TPSA) is 48.7 Å². The Kier molecular flexibility index (Phi) is 5.31. The molecule has 4 nitrogen and oxygen atoms in total. The minimum Gasteiger partial charge on any atom is -0.489 e. The first-order valence-electron chi connectivity index (χ1n) is 8.56. The predicted molar refractivity (Wildman–Crippen MR) is 107 cm³/mol. The highest BCUT2D eigenvalue weighted by atomic mass is 79.9. The number of hydrogen-bond donors (Lipinski definition) is 0. The van der Waals surface area contributed by atoms with Crippen molar-refractivity contribution in [2.45, 2.75) is 6.61 Å². The number of halogens is 3. The molecule has 0 bridgehead atoms. The summed E-state index contributed by atoms with van der Waals surface area (Å²) in [5.41, 5.74) is -0.263. The molecular formula is C22H13BrF2O4. The Hall–Kier alpha value is -3.19. The molecule has 7 heteroatoms. The Labute approximate surface area is 172 Å². The van der Waals surface area contributed by atoms with Crippen molar-refractivity contribution in [3.05, 3.63) is 98.8 Å². The van der Waals surface area contributed by atoms with Gasteiger partial charge in [0.1, 0.15) is 41.6 Å². The zero-order chi connectivity index (χ0) is 20.4. The molecule has 0 saturated heterocycles. The van der Waals surface area contributed by atoms with Crippen LogP contribution >= 0.6 is 15.9 Å². The van der Waals surface area contributed by atoms with Crippen LogP contribution in [0.2, 0.25) is 0 Å². The fourth-order valence-corrected chi connectivity index (χ4v) is 3.09. The van der Waals surface area contributed by atoms with Crippen molar-refractivity contribution in [2.75, 3.05) is 0 Å². The third kappa shape index (κ3) is 4.00. The van der Waals surface area contributed by atoms with E-state index in [0.29, 0.717) is 21.4 Å². The van der Waals surface area contributed by atoms with Gasteiger partial charge in [-0.05, 0) is 52.3 Å². The number of para-hydroxylation sites is 1. The molecular weight excluding hydrogens is 446 g/mol. The maximum atomic E-state index is 13.7. The minimum absolute atomic E-state index is 0.0338. The number of ether oxygens (including phenoxy) is 2. The molecule has 0 N–H and O–H groups in total. The average Bonchev–Trinajstić information content (AvgIpc) is 2.71. The lowest BCUT2D eigenvalue weighted by atomic mass is 10.2.